The van der Waals surface area contributed by atoms with Crippen molar-refractivity contribution in [2.45, 2.75) is 64.2 Å². The quantitative estimate of drug-likeness (QED) is 0.847. The Morgan fingerprint density at radius 2 is 1.95 bits per heavy atom. The maximum atomic E-state index is 11.3. The number of ketones is 1. The summed E-state index contributed by atoms with van der Waals surface area (Å²) >= 11 is 0. The first kappa shape index (κ1) is 14.9. The smallest absolute Gasteiger partial charge is 0.135 e. The van der Waals surface area contributed by atoms with Crippen LogP contribution < -0.4 is 0 Å². The number of carbonyl (C=O) groups excluding carboxylic acids is 1. The minimum Gasteiger partial charge on any atom is -0.379 e. The van der Waals surface area contributed by atoms with Gasteiger partial charge in [0.15, 0.2) is 0 Å². The molecular formula is C15H27NO3. The van der Waals surface area contributed by atoms with Gasteiger partial charge >= 0.3 is 0 Å². The molecule has 0 amide bonds. The van der Waals surface area contributed by atoms with Gasteiger partial charge in [-0.2, -0.15) is 0 Å². The molecule has 110 valence electrons. The molecule has 4 heteroatoms. The number of carbonyl (C=O) groups is 1. The van der Waals surface area contributed by atoms with Gasteiger partial charge in [-0.25, -0.2) is 0 Å². The number of piperidine rings is 1. The molecule has 2 fully saturated rings. The molecule has 1 saturated carbocycles. The second-order valence-corrected chi connectivity index (χ2v) is 6.01. The third kappa shape index (κ3) is 3.56. The second kappa shape index (κ2) is 6.33. The van der Waals surface area contributed by atoms with Crippen LogP contribution in [0.4, 0.5) is 0 Å². The van der Waals surface area contributed by atoms with Crippen LogP contribution in [-0.4, -0.2) is 47.3 Å². The molecule has 0 spiro atoms. The Morgan fingerprint density at radius 1 is 1.37 bits per heavy atom. The highest BCUT2D eigenvalue weighted by Gasteiger charge is 2.40. The van der Waals surface area contributed by atoms with Crippen molar-refractivity contribution < 1.29 is 14.6 Å². The van der Waals surface area contributed by atoms with Gasteiger partial charge in [-0.05, 0) is 45.4 Å². The van der Waals surface area contributed by atoms with Crippen LogP contribution >= 0.6 is 0 Å². The van der Waals surface area contributed by atoms with Gasteiger partial charge in [-0.15, -0.1) is 0 Å². The van der Waals surface area contributed by atoms with E-state index in [-0.39, 0.29) is 6.10 Å². The molecule has 2 aliphatic rings. The SMILES string of the molecule is CCOC(C)C1CCC(O)(N2CCC(=O)CC2)CC1. The lowest BCUT2D eigenvalue weighted by atomic mass is 9.79. The van der Waals surface area contributed by atoms with Crippen molar-refractivity contribution in [3.05, 3.63) is 0 Å². The number of aliphatic hydroxyl groups is 1. The van der Waals surface area contributed by atoms with Crippen LogP contribution in [0.15, 0.2) is 0 Å². The zero-order valence-electron chi connectivity index (χ0n) is 12.2. The van der Waals surface area contributed by atoms with Crippen LogP contribution in [0, 0.1) is 5.92 Å². The molecule has 0 bridgehead atoms. The van der Waals surface area contributed by atoms with E-state index in [4.69, 9.17) is 4.74 Å². The lowest BCUT2D eigenvalue weighted by Crippen LogP contribution is -2.54. The monoisotopic (exact) mass is 269 g/mol. The Morgan fingerprint density at radius 3 is 2.47 bits per heavy atom. The van der Waals surface area contributed by atoms with Gasteiger partial charge < -0.3 is 9.84 Å². The van der Waals surface area contributed by atoms with E-state index in [0.29, 0.717) is 24.5 Å². The van der Waals surface area contributed by atoms with Crippen molar-refractivity contribution in [1.29, 1.82) is 0 Å². The van der Waals surface area contributed by atoms with Crippen molar-refractivity contribution in [3.63, 3.8) is 0 Å². The summed E-state index contributed by atoms with van der Waals surface area (Å²) in [5.41, 5.74) is -0.677. The molecule has 2 rings (SSSR count). The van der Waals surface area contributed by atoms with Gasteiger partial charge in [0.1, 0.15) is 11.5 Å². The van der Waals surface area contributed by atoms with Crippen LogP contribution in [0.1, 0.15) is 52.4 Å². The number of likely N-dealkylation sites (tertiary alicyclic amines) is 1. The molecule has 1 aliphatic carbocycles. The van der Waals surface area contributed by atoms with Gasteiger partial charge in [0.2, 0.25) is 0 Å². The molecule has 1 aliphatic heterocycles. The Labute approximate surface area is 116 Å². The summed E-state index contributed by atoms with van der Waals surface area (Å²) in [4.78, 5) is 13.4. The lowest BCUT2D eigenvalue weighted by molar-refractivity contribution is -0.156. The fraction of sp³-hybridized carbons (Fsp3) is 0.933. The van der Waals surface area contributed by atoms with Crippen LogP contribution in [0.2, 0.25) is 0 Å². The first-order chi connectivity index (χ1) is 9.05. The van der Waals surface area contributed by atoms with Gasteiger partial charge in [0.05, 0.1) is 6.10 Å². The molecule has 1 atom stereocenters. The van der Waals surface area contributed by atoms with Crippen molar-refractivity contribution >= 4 is 5.78 Å². The Kier molecular flexibility index (Phi) is 4.98. The maximum absolute atomic E-state index is 11.3. The minimum absolute atomic E-state index is 0.289. The Balaban J connectivity index is 1.85. The van der Waals surface area contributed by atoms with Crippen molar-refractivity contribution in [2.75, 3.05) is 19.7 Å². The predicted octanol–water partition coefficient (Wildman–Crippen LogP) is 1.96. The number of hydrogen-bond donors (Lipinski definition) is 1. The first-order valence-corrected chi connectivity index (χ1v) is 7.66. The molecule has 1 N–H and O–H groups in total. The Bertz CT molecular complexity index is 301. The molecular weight excluding hydrogens is 242 g/mol. The number of Topliss-reactive ketones (excluding diaryl/α,β-unsaturated/α-hetero) is 1. The molecule has 1 unspecified atom stereocenters. The fourth-order valence-electron chi connectivity index (χ4n) is 3.46. The molecule has 1 saturated heterocycles. The van der Waals surface area contributed by atoms with Gasteiger partial charge in [0.25, 0.3) is 0 Å². The largest absolute Gasteiger partial charge is 0.379 e. The highest BCUT2D eigenvalue weighted by molar-refractivity contribution is 5.79. The zero-order chi connectivity index (χ0) is 13.9. The molecule has 0 aromatic rings. The number of hydrogen-bond acceptors (Lipinski definition) is 4. The van der Waals surface area contributed by atoms with Gasteiger partial charge in [-0.1, -0.05) is 0 Å². The second-order valence-electron chi connectivity index (χ2n) is 6.01. The highest BCUT2D eigenvalue weighted by Crippen LogP contribution is 2.37. The van der Waals surface area contributed by atoms with Crippen molar-refractivity contribution in [1.82, 2.24) is 4.90 Å². The van der Waals surface area contributed by atoms with Gasteiger partial charge in [-0.3, -0.25) is 9.69 Å². The maximum Gasteiger partial charge on any atom is 0.135 e. The topological polar surface area (TPSA) is 49.8 Å². The summed E-state index contributed by atoms with van der Waals surface area (Å²) in [6, 6.07) is 0. The summed E-state index contributed by atoms with van der Waals surface area (Å²) < 4.78 is 5.67. The van der Waals surface area contributed by atoms with Crippen LogP contribution in [0.3, 0.4) is 0 Å². The first-order valence-electron chi connectivity index (χ1n) is 7.66. The van der Waals surface area contributed by atoms with Crippen LogP contribution in [0.5, 0.6) is 0 Å². The summed E-state index contributed by atoms with van der Waals surface area (Å²) in [5, 5.41) is 10.8. The normalized spacial score (nSPS) is 35.3. The third-order valence-electron chi connectivity index (χ3n) is 4.83. The lowest BCUT2D eigenvalue weighted by Gasteiger charge is -2.46. The van der Waals surface area contributed by atoms with Crippen LogP contribution in [-0.2, 0) is 9.53 Å². The predicted molar refractivity (Wildman–Crippen MR) is 73.8 cm³/mol. The molecule has 0 aromatic carbocycles. The number of rotatable bonds is 4. The van der Waals surface area contributed by atoms with E-state index in [1.807, 2.05) is 6.92 Å². The molecule has 0 radical (unpaired) electrons. The van der Waals surface area contributed by atoms with E-state index in [2.05, 4.69) is 11.8 Å². The molecule has 19 heavy (non-hydrogen) atoms. The summed E-state index contributed by atoms with van der Waals surface area (Å²) in [6.45, 7) is 6.37. The summed E-state index contributed by atoms with van der Waals surface area (Å²) in [7, 11) is 0. The van der Waals surface area contributed by atoms with E-state index >= 15 is 0 Å². The van der Waals surface area contributed by atoms with Crippen molar-refractivity contribution in [2.24, 2.45) is 5.92 Å². The summed E-state index contributed by atoms with van der Waals surface area (Å²) in [6.07, 6.45) is 5.14. The average Bonchev–Trinajstić information content (AvgIpc) is 2.40. The number of ether oxygens (including phenoxy) is 1. The third-order valence-corrected chi connectivity index (χ3v) is 4.83. The summed E-state index contributed by atoms with van der Waals surface area (Å²) in [5.74, 6) is 0.894. The van der Waals surface area contributed by atoms with E-state index in [9.17, 15) is 9.90 Å². The van der Waals surface area contributed by atoms with Crippen LogP contribution in [0.25, 0.3) is 0 Å². The number of nitrogens with zero attached hydrogens (tertiary/aromatic N) is 1. The molecule has 4 nitrogen and oxygen atoms in total. The minimum atomic E-state index is -0.677. The highest BCUT2D eigenvalue weighted by atomic mass is 16.5. The standard InChI is InChI=1S/C15H27NO3/c1-3-19-12(2)13-4-8-15(18,9-5-13)16-10-6-14(17)7-11-16/h12-13,18H,3-11H2,1-2H3. The van der Waals surface area contributed by atoms with E-state index in [0.717, 1.165) is 45.4 Å². The van der Waals surface area contributed by atoms with E-state index in [1.54, 1.807) is 0 Å². The zero-order valence-corrected chi connectivity index (χ0v) is 12.2. The average molecular weight is 269 g/mol. The molecule has 1 heterocycles. The van der Waals surface area contributed by atoms with Gasteiger partial charge in [0, 0.05) is 32.5 Å². The van der Waals surface area contributed by atoms with E-state index in [1.165, 1.54) is 0 Å². The Hall–Kier alpha value is -0.450. The fourth-order valence-corrected chi connectivity index (χ4v) is 3.46. The molecule has 0 aromatic heterocycles. The van der Waals surface area contributed by atoms with Crippen molar-refractivity contribution in [3.8, 4) is 0 Å². The van der Waals surface area contributed by atoms with E-state index < -0.39 is 5.72 Å².